The minimum atomic E-state index is 0.763. The number of fused-ring (bicyclic) bond motifs is 5. The van der Waals surface area contributed by atoms with Crippen LogP contribution in [0.15, 0.2) is 6.07 Å². The van der Waals surface area contributed by atoms with Crippen molar-refractivity contribution in [3.8, 4) is 0 Å². The lowest BCUT2D eigenvalue weighted by molar-refractivity contribution is 0.600. The molecule has 3 rings (SSSR count). The van der Waals surface area contributed by atoms with E-state index in [0.29, 0.717) is 0 Å². The number of nitrogens with two attached hydrogens (primary N) is 1. The second kappa shape index (κ2) is 2.86. The quantitative estimate of drug-likeness (QED) is 0.761. The van der Waals surface area contributed by atoms with Crippen LogP contribution in [0.3, 0.4) is 0 Å². The Labute approximate surface area is 85.1 Å². The Morgan fingerprint density at radius 2 is 2.21 bits per heavy atom. The van der Waals surface area contributed by atoms with Gasteiger partial charge in [0.25, 0.3) is 0 Å². The summed E-state index contributed by atoms with van der Waals surface area (Å²) in [5.41, 5.74) is 10.3. The maximum absolute atomic E-state index is 5.66. The molecule has 2 N–H and O–H groups in total. The van der Waals surface area contributed by atoms with Crippen LogP contribution >= 0.6 is 0 Å². The number of aryl methyl sites for hydroxylation is 1. The van der Waals surface area contributed by atoms with Crippen LogP contribution in [0, 0.1) is 6.92 Å². The van der Waals surface area contributed by atoms with Crippen LogP contribution in [-0.2, 0) is 6.54 Å². The molecule has 0 aromatic carbocycles. The largest absolute Gasteiger partial charge is 0.347 e. The molecule has 2 bridgehead atoms. The Balaban J connectivity index is 2.09. The summed E-state index contributed by atoms with van der Waals surface area (Å²) in [5.74, 6) is 1.74. The molecule has 0 radical (unpaired) electrons. The molecular weight excluding hydrogens is 172 g/mol. The van der Waals surface area contributed by atoms with Crippen LogP contribution in [0.25, 0.3) is 0 Å². The monoisotopic (exact) mass is 190 g/mol. The molecule has 2 heteroatoms. The Bertz CT molecular complexity index is 365. The predicted octanol–water partition coefficient (Wildman–Crippen LogP) is 2.12. The van der Waals surface area contributed by atoms with Crippen molar-refractivity contribution in [1.82, 2.24) is 4.57 Å². The zero-order chi connectivity index (χ0) is 9.71. The van der Waals surface area contributed by atoms with E-state index in [1.807, 2.05) is 0 Å². The van der Waals surface area contributed by atoms with E-state index in [2.05, 4.69) is 17.6 Å². The van der Waals surface area contributed by atoms with Gasteiger partial charge in [-0.3, -0.25) is 0 Å². The maximum Gasteiger partial charge on any atom is 0.0348 e. The van der Waals surface area contributed by atoms with Crippen molar-refractivity contribution in [1.29, 1.82) is 0 Å². The average molecular weight is 190 g/mol. The third-order valence-corrected chi connectivity index (χ3v) is 3.99. The van der Waals surface area contributed by atoms with Crippen molar-refractivity contribution in [3.63, 3.8) is 0 Å². The first kappa shape index (κ1) is 8.54. The van der Waals surface area contributed by atoms with Gasteiger partial charge in [0.15, 0.2) is 0 Å². The fourth-order valence-corrected chi connectivity index (χ4v) is 3.44. The first-order valence-corrected chi connectivity index (χ1v) is 5.71. The number of hydrogen-bond donors (Lipinski definition) is 1. The predicted molar refractivity (Wildman–Crippen MR) is 57.6 cm³/mol. The number of hydrogen-bond acceptors (Lipinski definition) is 1. The highest BCUT2D eigenvalue weighted by atomic mass is 15.0. The van der Waals surface area contributed by atoms with Crippen LogP contribution in [0.2, 0.25) is 0 Å². The fourth-order valence-electron chi connectivity index (χ4n) is 3.44. The lowest BCUT2D eigenvalue weighted by Crippen LogP contribution is -2.14. The molecule has 1 heterocycles. The second-order valence-electron chi connectivity index (χ2n) is 4.77. The van der Waals surface area contributed by atoms with E-state index in [1.165, 1.54) is 25.0 Å². The standard InChI is InChI=1S/C12H18N2/c1-8-6-11-9-2-3-10(7-9)12(11)14(8)5-4-13/h6,9-10H,2-5,7,13H2,1H3. The molecular formula is C12H18N2. The average Bonchev–Trinajstić information content (AvgIpc) is 2.79. The maximum atomic E-state index is 5.66. The molecule has 76 valence electrons. The highest BCUT2D eigenvalue weighted by molar-refractivity contribution is 5.40. The van der Waals surface area contributed by atoms with Crippen molar-refractivity contribution in [3.05, 3.63) is 23.0 Å². The summed E-state index contributed by atoms with van der Waals surface area (Å²) < 4.78 is 2.46. The third kappa shape index (κ3) is 0.949. The Morgan fingerprint density at radius 3 is 3.00 bits per heavy atom. The molecule has 14 heavy (non-hydrogen) atoms. The summed E-state index contributed by atoms with van der Waals surface area (Å²) in [7, 11) is 0. The van der Waals surface area contributed by atoms with Crippen LogP contribution in [-0.4, -0.2) is 11.1 Å². The molecule has 1 fully saturated rings. The van der Waals surface area contributed by atoms with Crippen LogP contribution < -0.4 is 5.73 Å². The normalized spacial score (nSPS) is 28.4. The lowest BCUT2D eigenvalue weighted by atomic mass is 9.98. The first-order chi connectivity index (χ1) is 6.81. The molecule has 0 amide bonds. The van der Waals surface area contributed by atoms with Gasteiger partial charge in [0.05, 0.1) is 0 Å². The van der Waals surface area contributed by atoms with Gasteiger partial charge in [-0.25, -0.2) is 0 Å². The lowest BCUT2D eigenvalue weighted by Gasteiger charge is -2.15. The van der Waals surface area contributed by atoms with E-state index in [-0.39, 0.29) is 0 Å². The van der Waals surface area contributed by atoms with Crippen molar-refractivity contribution >= 4 is 0 Å². The summed E-state index contributed by atoms with van der Waals surface area (Å²) in [5, 5.41) is 0. The van der Waals surface area contributed by atoms with Crippen molar-refractivity contribution < 1.29 is 0 Å². The Kier molecular flexibility index (Phi) is 1.75. The fraction of sp³-hybridized carbons (Fsp3) is 0.667. The van der Waals surface area contributed by atoms with E-state index in [9.17, 15) is 0 Å². The van der Waals surface area contributed by atoms with Crippen LogP contribution in [0.5, 0.6) is 0 Å². The zero-order valence-corrected chi connectivity index (χ0v) is 8.79. The topological polar surface area (TPSA) is 30.9 Å². The molecule has 0 aliphatic heterocycles. The van der Waals surface area contributed by atoms with Crippen molar-refractivity contribution in [2.45, 2.75) is 44.6 Å². The SMILES string of the molecule is Cc1cc2c(n1CCN)C1CCC2C1. The molecule has 1 aromatic rings. The summed E-state index contributed by atoms with van der Waals surface area (Å²) >= 11 is 0. The van der Waals surface area contributed by atoms with E-state index < -0.39 is 0 Å². The molecule has 2 unspecified atom stereocenters. The van der Waals surface area contributed by atoms with E-state index in [0.717, 1.165) is 24.9 Å². The van der Waals surface area contributed by atoms with Crippen LogP contribution in [0.1, 0.15) is 48.0 Å². The molecule has 2 aliphatic rings. The van der Waals surface area contributed by atoms with Crippen LogP contribution in [0.4, 0.5) is 0 Å². The van der Waals surface area contributed by atoms with Gasteiger partial charge in [0.1, 0.15) is 0 Å². The summed E-state index contributed by atoms with van der Waals surface area (Å²) in [6, 6.07) is 2.40. The first-order valence-electron chi connectivity index (χ1n) is 5.71. The molecule has 0 spiro atoms. The second-order valence-corrected chi connectivity index (χ2v) is 4.77. The Hall–Kier alpha value is -0.760. The molecule has 2 nitrogen and oxygen atoms in total. The van der Waals surface area contributed by atoms with Gasteiger partial charge in [-0.2, -0.15) is 0 Å². The third-order valence-electron chi connectivity index (χ3n) is 3.99. The summed E-state index contributed by atoms with van der Waals surface area (Å²) in [6.07, 6.45) is 4.24. The van der Waals surface area contributed by atoms with Gasteiger partial charge in [-0.15, -0.1) is 0 Å². The minimum absolute atomic E-state index is 0.763. The summed E-state index contributed by atoms with van der Waals surface area (Å²) in [4.78, 5) is 0. The number of aromatic nitrogens is 1. The molecule has 2 aliphatic carbocycles. The Morgan fingerprint density at radius 1 is 1.43 bits per heavy atom. The number of nitrogens with zero attached hydrogens (tertiary/aromatic N) is 1. The van der Waals surface area contributed by atoms with Gasteiger partial charge in [-0.1, -0.05) is 0 Å². The molecule has 2 atom stereocenters. The van der Waals surface area contributed by atoms with Crippen molar-refractivity contribution in [2.75, 3.05) is 6.54 Å². The van der Waals surface area contributed by atoms with Crippen molar-refractivity contribution in [2.24, 2.45) is 5.73 Å². The minimum Gasteiger partial charge on any atom is -0.347 e. The molecule has 0 saturated heterocycles. The molecule has 1 saturated carbocycles. The van der Waals surface area contributed by atoms with Gasteiger partial charge >= 0.3 is 0 Å². The van der Waals surface area contributed by atoms with E-state index >= 15 is 0 Å². The zero-order valence-electron chi connectivity index (χ0n) is 8.79. The van der Waals surface area contributed by atoms with E-state index in [1.54, 1.807) is 11.3 Å². The van der Waals surface area contributed by atoms with Gasteiger partial charge in [-0.05, 0) is 43.7 Å². The number of rotatable bonds is 2. The smallest absolute Gasteiger partial charge is 0.0348 e. The highest BCUT2D eigenvalue weighted by Gasteiger charge is 2.39. The highest BCUT2D eigenvalue weighted by Crippen LogP contribution is 2.53. The van der Waals surface area contributed by atoms with E-state index in [4.69, 9.17) is 5.73 Å². The van der Waals surface area contributed by atoms with Gasteiger partial charge in [0.2, 0.25) is 0 Å². The van der Waals surface area contributed by atoms with Gasteiger partial charge < -0.3 is 10.3 Å². The van der Waals surface area contributed by atoms with Gasteiger partial charge in [0, 0.05) is 30.4 Å². The molecule has 1 aromatic heterocycles. The summed E-state index contributed by atoms with van der Waals surface area (Å²) in [6.45, 7) is 3.98.